The summed E-state index contributed by atoms with van der Waals surface area (Å²) in [7, 11) is 0. The van der Waals surface area contributed by atoms with Gasteiger partial charge in [0.05, 0.1) is 17.8 Å². The second-order valence-electron chi connectivity index (χ2n) is 5.34. The Balaban J connectivity index is 1.86. The molecule has 0 saturated heterocycles. The Morgan fingerprint density at radius 1 is 1.29 bits per heavy atom. The Labute approximate surface area is 148 Å². The summed E-state index contributed by atoms with van der Waals surface area (Å²) < 4.78 is 6.79. The normalized spacial score (nSPS) is 10.8. The third kappa shape index (κ3) is 3.44. The number of halogens is 2. The van der Waals surface area contributed by atoms with E-state index in [9.17, 15) is 4.79 Å². The first-order valence-electron chi connectivity index (χ1n) is 7.14. The van der Waals surface area contributed by atoms with E-state index in [-0.39, 0.29) is 11.6 Å². The Bertz CT molecular complexity index is 901. The van der Waals surface area contributed by atoms with Crippen LogP contribution in [0.5, 0.6) is 0 Å². The standard InChI is InChI=1S/C16H14Cl2N4O2/c1-9-3-4-11(17)5-14(9)20-16(23)15-13(10(2)24-21-15)8-22-7-12(18)6-19-22/h3-7H,8H2,1-2H3,(H,20,23). The van der Waals surface area contributed by atoms with Gasteiger partial charge in [0.15, 0.2) is 5.69 Å². The summed E-state index contributed by atoms with van der Waals surface area (Å²) in [5, 5.41) is 11.8. The highest BCUT2D eigenvalue weighted by Crippen LogP contribution is 2.22. The Kier molecular flexibility index (Phi) is 4.59. The monoisotopic (exact) mass is 364 g/mol. The highest BCUT2D eigenvalue weighted by molar-refractivity contribution is 6.31. The van der Waals surface area contributed by atoms with Crippen LogP contribution in [0, 0.1) is 13.8 Å². The fraction of sp³-hybridized carbons (Fsp3) is 0.188. The third-order valence-corrected chi connectivity index (χ3v) is 4.00. The fourth-order valence-corrected chi connectivity index (χ4v) is 2.58. The molecule has 2 aromatic heterocycles. The zero-order valence-electron chi connectivity index (χ0n) is 13.0. The van der Waals surface area contributed by atoms with Crippen molar-refractivity contribution in [1.82, 2.24) is 14.9 Å². The predicted octanol–water partition coefficient (Wildman–Crippen LogP) is 4.10. The van der Waals surface area contributed by atoms with Crippen LogP contribution in [0.25, 0.3) is 0 Å². The van der Waals surface area contributed by atoms with Gasteiger partial charge in [-0.05, 0) is 31.5 Å². The number of nitrogens with zero attached hydrogens (tertiary/aromatic N) is 3. The van der Waals surface area contributed by atoms with Crippen molar-refractivity contribution in [3.63, 3.8) is 0 Å². The number of carbonyl (C=O) groups is 1. The summed E-state index contributed by atoms with van der Waals surface area (Å²) in [5.74, 6) is 0.181. The average molecular weight is 365 g/mol. The van der Waals surface area contributed by atoms with Gasteiger partial charge in [-0.2, -0.15) is 5.10 Å². The van der Waals surface area contributed by atoms with Crippen LogP contribution in [0.3, 0.4) is 0 Å². The molecule has 0 unspecified atom stereocenters. The van der Waals surface area contributed by atoms with Crippen molar-refractivity contribution in [3.05, 3.63) is 63.2 Å². The first kappa shape index (κ1) is 16.5. The van der Waals surface area contributed by atoms with E-state index in [4.69, 9.17) is 27.7 Å². The molecule has 0 radical (unpaired) electrons. The summed E-state index contributed by atoms with van der Waals surface area (Å²) in [5.41, 5.74) is 2.38. The molecule has 0 aliphatic heterocycles. The van der Waals surface area contributed by atoms with Gasteiger partial charge < -0.3 is 9.84 Å². The lowest BCUT2D eigenvalue weighted by atomic mass is 10.1. The lowest BCUT2D eigenvalue weighted by Gasteiger charge is -2.08. The highest BCUT2D eigenvalue weighted by Gasteiger charge is 2.21. The molecule has 0 bridgehead atoms. The molecule has 124 valence electrons. The number of carbonyl (C=O) groups excluding carboxylic acids is 1. The molecule has 24 heavy (non-hydrogen) atoms. The van der Waals surface area contributed by atoms with Crippen molar-refractivity contribution in [2.24, 2.45) is 0 Å². The van der Waals surface area contributed by atoms with Crippen LogP contribution in [0.2, 0.25) is 10.0 Å². The van der Waals surface area contributed by atoms with E-state index in [0.29, 0.717) is 33.6 Å². The summed E-state index contributed by atoms with van der Waals surface area (Å²) in [6.45, 7) is 3.96. The van der Waals surface area contributed by atoms with Crippen LogP contribution in [0.1, 0.15) is 27.4 Å². The van der Waals surface area contributed by atoms with Crippen LogP contribution in [-0.4, -0.2) is 20.8 Å². The molecule has 1 N–H and O–H groups in total. The fourth-order valence-electron chi connectivity index (χ4n) is 2.25. The minimum atomic E-state index is -0.370. The first-order chi connectivity index (χ1) is 11.4. The van der Waals surface area contributed by atoms with Gasteiger partial charge in [0, 0.05) is 22.5 Å². The van der Waals surface area contributed by atoms with Crippen molar-refractivity contribution < 1.29 is 9.32 Å². The molecule has 6 nitrogen and oxygen atoms in total. The maximum absolute atomic E-state index is 12.6. The van der Waals surface area contributed by atoms with Gasteiger partial charge in [0.1, 0.15) is 5.76 Å². The summed E-state index contributed by atoms with van der Waals surface area (Å²) in [6.07, 6.45) is 3.19. The van der Waals surface area contributed by atoms with Crippen molar-refractivity contribution in [1.29, 1.82) is 0 Å². The van der Waals surface area contributed by atoms with E-state index >= 15 is 0 Å². The van der Waals surface area contributed by atoms with Crippen molar-refractivity contribution in [3.8, 4) is 0 Å². The molecule has 0 fully saturated rings. The average Bonchev–Trinajstić information content (AvgIpc) is 3.10. The van der Waals surface area contributed by atoms with Gasteiger partial charge in [0.2, 0.25) is 0 Å². The van der Waals surface area contributed by atoms with E-state index in [1.807, 2.05) is 13.0 Å². The number of anilines is 1. The Hall–Kier alpha value is -2.31. The largest absolute Gasteiger partial charge is 0.361 e. The predicted molar refractivity (Wildman–Crippen MR) is 91.7 cm³/mol. The first-order valence-corrected chi connectivity index (χ1v) is 7.90. The van der Waals surface area contributed by atoms with Gasteiger partial charge in [-0.3, -0.25) is 9.48 Å². The van der Waals surface area contributed by atoms with E-state index in [1.165, 1.54) is 6.20 Å². The van der Waals surface area contributed by atoms with E-state index < -0.39 is 0 Å². The topological polar surface area (TPSA) is 73.0 Å². The number of aryl methyl sites for hydroxylation is 2. The quantitative estimate of drug-likeness (QED) is 0.756. The minimum Gasteiger partial charge on any atom is -0.361 e. The molecule has 0 atom stereocenters. The smallest absolute Gasteiger partial charge is 0.278 e. The number of nitrogens with one attached hydrogen (secondary N) is 1. The van der Waals surface area contributed by atoms with Crippen molar-refractivity contribution in [2.75, 3.05) is 5.32 Å². The Morgan fingerprint density at radius 3 is 2.79 bits per heavy atom. The van der Waals surface area contributed by atoms with E-state index in [1.54, 1.807) is 29.9 Å². The van der Waals surface area contributed by atoms with E-state index in [2.05, 4.69) is 15.6 Å². The maximum atomic E-state index is 12.6. The lowest BCUT2D eigenvalue weighted by Crippen LogP contribution is -2.16. The van der Waals surface area contributed by atoms with Crippen LogP contribution >= 0.6 is 23.2 Å². The molecular weight excluding hydrogens is 351 g/mol. The molecule has 0 aliphatic carbocycles. The Morgan fingerprint density at radius 2 is 2.08 bits per heavy atom. The molecule has 1 amide bonds. The van der Waals surface area contributed by atoms with Crippen LogP contribution in [0.15, 0.2) is 35.1 Å². The molecule has 3 aromatic rings. The maximum Gasteiger partial charge on any atom is 0.278 e. The molecule has 0 spiro atoms. The van der Waals surface area contributed by atoms with Crippen molar-refractivity contribution in [2.45, 2.75) is 20.4 Å². The van der Waals surface area contributed by atoms with Gasteiger partial charge >= 0.3 is 0 Å². The molecule has 2 heterocycles. The third-order valence-electron chi connectivity index (χ3n) is 3.57. The number of hydrogen-bond donors (Lipinski definition) is 1. The van der Waals surface area contributed by atoms with Gasteiger partial charge in [-0.15, -0.1) is 0 Å². The molecular formula is C16H14Cl2N4O2. The van der Waals surface area contributed by atoms with Gasteiger partial charge in [-0.25, -0.2) is 0 Å². The van der Waals surface area contributed by atoms with E-state index in [0.717, 1.165) is 5.56 Å². The van der Waals surface area contributed by atoms with Crippen LogP contribution < -0.4 is 5.32 Å². The lowest BCUT2D eigenvalue weighted by molar-refractivity contribution is 0.101. The second-order valence-corrected chi connectivity index (χ2v) is 6.21. The second kappa shape index (κ2) is 6.67. The van der Waals surface area contributed by atoms with Crippen LogP contribution in [-0.2, 0) is 6.54 Å². The minimum absolute atomic E-state index is 0.207. The van der Waals surface area contributed by atoms with Gasteiger partial charge in [0.25, 0.3) is 5.91 Å². The number of rotatable bonds is 4. The SMILES string of the molecule is Cc1ccc(Cl)cc1NC(=O)c1noc(C)c1Cn1cc(Cl)cn1. The van der Waals surface area contributed by atoms with Crippen molar-refractivity contribution >= 4 is 34.8 Å². The number of aromatic nitrogens is 3. The number of benzene rings is 1. The number of hydrogen-bond acceptors (Lipinski definition) is 4. The zero-order valence-corrected chi connectivity index (χ0v) is 14.5. The molecule has 3 rings (SSSR count). The number of amides is 1. The summed E-state index contributed by atoms with van der Waals surface area (Å²) >= 11 is 11.8. The molecule has 0 saturated carbocycles. The molecule has 8 heteroatoms. The highest BCUT2D eigenvalue weighted by atomic mass is 35.5. The molecule has 0 aliphatic rings. The molecule has 1 aromatic carbocycles. The summed E-state index contributed by atoms with van der Waals surface area (Å²) in [6, 6.07) is 5.28. The van der Waals surface area contributed by atoms with Gasteiger partial charge in [-0.1, -0.05) is 34.4 Å². The summed E-state index contributed by atoms with van der Waals surface area (Å²) in [4.78, 5) is 12.6. The zero-order chi connectivity index (χ0) is 17.3. The van der Waals surface area contributed by atoms with Crippen LogP contribution in [0.4, 0.5) is 5.69 Å².